The molecule has 0 saturated heterocycles. The van der Waals surface area contributed by atoms with Gasteiger partial charge in [0, 0.05) is 7.11 Å². The number of ether oxygens (including phenoxy) is 1. The topological polar surface area (TPSA) is 62.1 Å². The van der Waals surface area contributed by atoms with Gasteiger partial charge in [-0.2, -0.15) is 5.26 Å². The van der Waals surface area contributed by atoms with Crippen LogP contribution in [0.1, 0.15) is 12.5 Å². The Morgan fingerprint density at radius 2 is 2.31 bits per heavy atom. The Morgan fingerprint density at radius 1 is 1.62 bits per heavy atom. The minimum absolute atomic E-state index is 0.149. The molecule has 1 aromatic rings. The van der Waals surface area contributed by atoms with E-state index in [4.69, 9.17) is 10.00 Å². The van der Waals surface area contributed by atoms with Gasteiger partial charge in [0.05, 0.1) is 5.69 Å². The molecule has 1 atom stereocenters. The van der Waals surface area contributed by atoms with Gasteiger partial charge in [-0.25, -0.2) is 4.39 Å². The summed E-state index contributed by atoms with van der Waals surface area (Å²) in [6.45, 7) is 1.56. The zero-order chi connectivity index (χ0) is 12.1. The maximum absolute atomic E-state index is 13.2. The molecule has 0 bridgehead atoms. The Balaban J connectivity index is 2.94. The Hall–Kier alpha value is -1.93. The number of hydrogen-bond acceptors (Lipinski definition) is 3. The fourth-order valence-corrected chi connectivity index (χ4v) is 1.08. The second-order valence-corrected chi connectivity index (χ2v) is 3.14. The molecule has 0 heterocycles. The maximum atomic E-state index is 13.2. The Kier molecular flexibility index (Phi) is 3.97. The predicted octanol–water partition coefficient (Wildman–Crippen LogP) is 1.67. The van der Waals surface area contributed by atoms with E-state index in [1.807, 2.05) is 0 Å². The molecule has 16 heavy (non-hydrogen) atoms. The monoisotopic (exact) mass is 222 g/mol. The van der Waals surface area contributed by atoms with Gasteiger partial charge < -0.3 is 10.1 Å². The van der Waals surface area contributed by atoms with Gasteiger partial charge in [0.2, 0.25) is 0 Å². The fourth-order valence-electron chi connectivity index (χ4n) is 1.08. The highest BCUT2D eigenvalue weighted by molar-refractivity contribution is 5.95. The van der Waals surface area contributed by atoms with Crippen LogP contribution in [0.3, 0.4) is 0 Å². The summed E-state index contributed by atoms with van der Waals surface area (Å²) in [6, 6.07) is 5.74. The van der Waals surface area contributed by atoms with Crippen LogP contribution in [0.25, 0.3) is 0 Å². The summed E-state index contributed by atoms with van der Waals surface area (Å²) in [7, 11) is 1.39. The summed E-state index contributed by atoms with van der Waals surface area (Å²) in [5.74, 6) is -1.09. The van der Waals surface area contributed by atoms with E-state index in [2.05, 4.69) is 5.32 Å². The standard InChI is InChI=1S/C11H11FN2O2/c1-7(16-2)11(15)14-10-5-3-4-9(12)8(10)6-13/h3-5,7H,1-2H3,(H,14,15). The van der Waals surface area contributed by atoms with Crippen LogP contribution in [0.5, 0.6) is 0 Å². The number of benzene rings is 1. The molecule has 0 spiro atoms. The molecule has 5 heteroatoms. The van der Waals surface area contributed by atoms with E-state index in [0.29, 0.717) is 0 Å². The number of rotatable bonds is 3. The largest absolute Gasteiger partial charge is 0.372 e. The third-order valence-corrected chi connectivity index (χ3v) is 2.11. The molecular formula is C11H11FN2O2. The normalized spacial score (nSPS) is 11.6. The van der Waals surface area contributed by atoms with E-state index in [1.165, 1.54) is 19.2 Å². The lowest BCUT2D eigenvalue weighted by atomic mass is 10.2. The van der Waals surface area contributed by atoms with Gasteiger partial charge in [0.15, 0.2) is 0 Å². The summed E-state index contributed by atoms with van der Waals surface area (Å²) in [5.41, 5.74) is -0.0319. The van der Waals surface area contributed by atoms with E-state index < -0.39 is 17.8 Å². The Bertz CT molecular complexity index is 440. The molecule has 4 nitrogen and oxygen atoms in total. The number of anilines is 1. The SMILES string of the molecule is COC(C)C(=O)Nc1cccc(F)c1C#N. The van der Waals surface area contributed by atoms with Gasteiger partial charge in [0.25, 0.3) is 5.91 Å². The number of nitriles is 1. The van der Waals surface area contributed by atoms with E-state index in [-0.39, 0.29) is 11.3 Å². The van der Waals surface area contributed by atoms with Crippen molar-refractivity contribution in [2.24, 2.45) is 0 Å². The van der Waals surface area contributed by atoms with Crippen molar-refractivity contribution in [3.8, 4) is 6.07 Å². The number of amides is 1. The Labute approximate surface area is 92.6 Å². The molecule has 0 aromatic heterocycles. The van der Waals surface area contributed by atoms with Crippen molar-refractivity contribution in [2.45, 2.75) is 13.0 Å². The molecule has 84 valence electrons. The van der Waals surface area contributed by atoms with Gasteiger partial charge in [-0.1, -0.05) is 6.07 Å². The van der Waals surface area contributed by atoms with Gasteiger partial charge in [-0.3, -0.25) is 4.79 Å². The van der Waals surface area contributed by atoms with Gasteiger partial charge in [-0.15, -0.1) is 0 Å². The minimum atomic E-state index is -0.662. The zero-order valence-electron chi connectivity index (χ0n) is 8.95. The third-order valence-electron chi connectivity index (χ3n) is 2.11. The first-order valence-corrected chi connectivity index (χ1v) is 4.62. The van der Waals surface area contributed by atoms with Crippen LogP contribution >= 0.6 is 0 Å². The van der Waals surface area contributed by atoms with Crippen molar-refractivity contribution in [3.05, 3.63) is 29.6 Å². The first-order chi connectivity index (χ1) is 7.60. The average molecular weight is 222 g/mol. The molecule has 0 aliphatic rings. The number of methoxy groups -OCH3 is 1. The van der Waals surface area contributed by atoms with Gasteiger partial charge in [0.1, 0.15) is 23.6 Å². The first kappa shape index (κ1) is 12.1. The molecule has 1 aromatic carbocycles. The number of carbonyl (C=O) groups excluding carboxylic acids is 1. The fraction of sp³-hybridized carbons (Fsp3) is 0.273. The lowest BCUT2D eigenvalue weighted by molar-refractivity contribution is -0.124. The Morgan fingerprint density at radius 3 is 2.88 bits per heavy atom. The van der Waals surface area contributed by atoms with Crippen LogP contribution in [-0.2, 0) is 9.53 Å². The van der Waals surface area contributed by atoms with E-state index >= 15 is 0 Å². The molecule has 1 N–H and O–H groups in total. The third kappa shape index (κ3) is 2.55. The van der Waals surface area contributed by atoms with Crippen LogP contribution in [0.15, 0.2) is 18.2 Å². The van der Waals surface area contributed by atoms with E-state index in [0.717, 1.165) is 6.07 Å². The van der Waals surface area contributed by atoms with Crippen molar-refractivity contribution in [1.82, 2.24) is 0 Å². The molecular weight excluding hydrogens is 211 g/mol. The molecule has 0 saturated carbocycles. The number of nitrogens with zero attached hydrogens (tertiary/aromatic N) is 1. The molecule has 0 radical (unpaired) electrons. The molecule has 0 aliphatic carbocycles. The highest BCUT2D eigenvalue weighted by Crippen LogP contribution is 2.17. The number of nitrogens with one attached hydrogen (secondary N) is 1. The summed E-state index contributed by atoms with van der Waals surface area (Å²) < 4.78 is 18.0. The van der Waals surface area contributed by atoms with Crippen molar-refractivity contribution in [1.29, 1.82) is 5.26 Å². The summed E-state index contributed by atoms with van der Waals surface area (Å²) >= 11 is 0. The van der Waals surface area contributed by atoms with Crippen LogP contribution in [0.2, 0.25) is 0 Å². The van der Waals surface area contributed by atoms with Crippen molar-refractivity contribution >= 4 is 11.6 Å². The first-order valence-electron chi connectivity index (χ1n) is 4.62. The summed E-state index contributed by atoms with van der Waals surface area (Å²) in [5, 5.41) is 11.2. The highest BCUT2D eigenvalue weighted by Gasteiger charge is 2.15. The minimum Gasteiger partial charge on any atom is -0.372 e. The maximum Gasteiger partial charge on any atom is 0.253 e. The van der Waals surface area contributed by atoms with Gasteiger partial charge >= 0.3 is 0 Å². The van der Waals surface area contributed by atoms with Crippen molar-refractivity contribution < 1.29 is 13.9 Å². The van der Waals surface area contributed by atoms with Crippen molar-refractivity contribution in [2.75, 3.05) is 12.4 Å². The highest BCUT2D eigenvalue weighted by atomic mass is 19.1. The number of hydrogen-bond donors (Lipinski definition) is 1. The summed E-state index contributed by atoms with van der Waals surface area (Å²) in [4.78, 5) is 11.5. The molecule has 1 amide bonds. The molecule has 1 rings (SSSR count). The second kappa shape index (κ2) is 5.24. The predicted molar refractivity (Wildman–Crippen MR) is 56.2 cm³/mol. The van der Waals surface area contributed by atoms with Crippen molar-refractivity contribution in [3.63, 3.8) is 0 Å². The van der Waals surface area contributed by atoms with Crippen LogP contribution in [0.4, 0.5) is 10.1 Å². The number of carbonyl (C=O) groups is 1. The zero-order valence-corrected chi connectivity index (χ0v) is 8.95. The smallest absolute Gasteiger partial charge is 0.253 e. The van der Waals surface area contributed by atoms with Crippen LogP contribution < -0.4 is 5.32 Å². The molecule has 1 unspecified atom stereocenters. The average Bonchev–Trinajstić information content (AvgIpc) is 2.28. The number of halogens is 1. The quantitative estimate of drug-likeness (QED) is 0.846. The summed E-state index contributed by atoms with van der Waals surface area (Å²) in [6.07, 6.45) is -0.658. The van der Waals surface area contributed by atoms with E-state index in [9.17, 15) is 9.18 Å². The van der Waals surface area contributed by atoms with E-state index in [1.54, 1.807) is 13.0 Å². The molecule has 0 aliphatic heterocycles. The lowest BCUT2D eigenvalue weighted by Crippen LogP contribution is -2.27. The second-order valence-electron chi connectivity index (χ2n) is 3.14. The molecule has 0 fully saturated rings. The van der Waals surface area contributed by atoms with Crippen LogP contribution in [0, 0.1) is 17.1 Å². The van der Waals surface area contributed by atoms with Crippen LogP contribution in [-0.4, -0.2) is 19.1 Å². The van der Waals surface area contributed by atoms with Gasteiger partial charge in [-0.05, 0) is 19.1 Å². The lowest BCUT2D eigenvalue weighted by Gasteiger charge is -2.11.